The Bertz CT molecular complexity index is 506. The van der Waals surface area contributed by atoms with E-state index in [1.807, 2.05) is 0 Å². The molecule has 0 amide bonds. The molecular weight excluding hydrogens is 224 g/mol. The van der Waals surface area contributed by atoms with E-state index >= 15 is 0 Å². The number of halogens is 2. The fourth-order valence-corrected chi connectivity index (χ4v) is 1.23. The smallest absolute Gasteiger partial charge is 0.146 e. The topological polar surface area (TPSA) is 37.3 Å². The third-order valence-electron chi connectivity index (χ3n) is 2.04. The summed E-state index contributed by atoms with van der Waals surface area (Å²) in [5, 5.41) is 3.72. The molecule has 2 rings (SSSR count). The Morgan fingerprint density at radius 3 is 2.47 bits per heavy atom. The number of hydrazone groups is 1. The van der Waals surface area contributed by atoms with E-state index in [1.165, 1.54) is 18.2 Å². The van der Waals surface area contributed by atoms with Gasteiger partial charge < -0.3 is 0 Å². The summed E-state index contributed by atoms with van der Waals surface area (Å²) in [5.74, 6) is -0.811. The van der Waals surface area contributed by atoms with Crippen molar-refractivity contribution in [1.29, 1.82) is 0 Å². The summed E-state index contributed by atoms with van der Waals surface area (Å²) in [6.07, 6.45) is 2.67. The Labute approximate surface area is 96.8 Å². The maximum absolute atomic E-state index is 13.2. The first-order valence-corrected chi connectivity index (χ1v) is 4.91. The van der Waals surface area contributed by atoms with Crippen molar-refractivity contribution in [2.75, 3.05) is 5.43 Å². The summed E-state index contributed by atoms with van der Waals surface area (Å²) in [5.41, 5.74) is 2.39. The summed E-state index contributed by atoms with van der Waals surface area (Å²) < 4.78 is 26.4. The van der Waals surface area contributed by atoms with Crippen LogP contribution in [0.5, 0.6) is 0 Å². The molecular formula is C12H9F2N3. The van der Waals surface area contributed by atoms with Crippen LogP contribution in [0.4, 0.5) is 14.6 Å². The lowest BCUT2D eigenvalue weighted by molar-refractivity contribution is 0.580. The molecule has 0 aliphatic heterocycles. The van der Waals surface area contributed by atoms with Gasteiger partial charge in [0.05, 0.1) is 11.8 Å². The van der Waals surface area contributed by atoms with E-state index in [-0.39, 0.29) is 5.56 Å². The second-order valence-electron chi connectivity index (χ2n) is 3.22. The molecule has 2 aromatic rings. The van der Waals surface area contributed by atoms with Gasteiger partial charge in [0.1, 0.15) is 17.5 Å². The van der Waals surface area contributed by atoms with E-state index in [1.54, 1.807) is 24.4 Å². The van der Waals surface area contributed by atoms with Gasteiger partial charge in [0.25, 0.3) is 0 Å². The standard InChI is InChI=1S/C12H9F2N3/c13-10-4-3-5-11(14)9(10)8-16-17-12-6-1-2-7-15-12/h1-8H,(H,15,17)/b16-8+. The highest BCUT2D eigenvalue weighted by Gasteiger charge is 2.04. The monoisotopic (exact) mass is 233 g/mol. The lowest BCUT2D eigenvalue weighted by atomic mass is 10.2. The average molecular weight is 233 g/mol. The number of rotatable bonds is 3. The Kier molecular flexibility index (Phi) is 3.40. The first-order chi connectivity index (χ1) is 8.27. The maximum Gasteiger partial charge on any atom is 0.146 e. The summed E-state index contributed by atoms with van der Waals surface area (Å²) in [6, 6.07) is 8.86. The van der Waals surface area contributed by atoms with E-state index in [4.69, 9.17) is 0 Å². The Morgan fingerprint density at radius 1 is 1.06 bits per heavy atom. The van der Waals surface area contributed by atoms with Gasteiger partial charge in [-0.15, -0.1) is 0 Å². The molecule has 0 saturated carbocycles. The molecule has 1 aromatic carbocycles. The summed E-state index contributed by atoms with van der Waals surface area (Å²) in [7, 11) is 0. The first kappa shape index (κ1) is 11.2. The quantitative estimate of drug-likeness (QED) is 0.653. The van der Waals surface area contributed by atoms with Crippen molar-refractivity contribution >= 4 is 12.0 Å². The zero-order chi connectivity index (χ0) is 12.1. The summed E-state index contributed by atoms with van der Waals surface area (Å²) in [4.78, 5) is 3.94. The predicted octanol–water partition coefficient (Wildman–Crippen LogP) is 2.81. The minimum absolute atomic E-state index is 0.184. The van der Waals surface area contributed by atoms with Gasteiger partial charge in [-0.3, -0.25) is 5.43 Å². The van der Waals surface area contributed by atoms with Gasteiger partial charge in [-0.05, 0) is 24.3 Å². The maximum atomic E-state index is 13.2. The highest BCUT2D eigenvalue weighted by Crippen LogP contribution is 2.09. The zero-order valence-corrected chi connectivity index (χ0v) is 8.77. The third-order valence-corrected chi connectivity index (χ3v) is 2.04. The van der Waals surface area contributed by atoms with E-state index in [9.17, 15) is 8.78 Å². The van der Waals surface area contributed by atoms with Crippen LogP contribution in [0.1, 0.15) is 5.56 Å². The Morgan fingerprint density at radius 2 is 1.82 bits per heavy atom. The number of nitrogens with zero attached hydrogens (tertiary/aromatic N) is 2. The molecule has 0 fully saturated rings. The average Bonchev–Trinajstić information content (AvgIpc) is 2.34. The predicted molar refractivity (Wildman–Crippen MR) is 61.8 cm³/mol. The van der Waals surface area contributed by atoms with Crippen molar-refractivity contribution < 1.29 is 8.78 Å². The number of hydrogen-bond donors (Lipinski definition) is 1. The number of nitrogens with one attached hydrogen (secondary N) is 1. The Hall–Kier alpha value is -2.30. The normalized spacial score (nSPS) is 10.7. The van der Waals surface area contributed by atoms with Crippen molar-refractivity contribution in [2.45, 2.75) is 0 Å². The van der Waals surface area contributed by atoms with Crippen LogP contribution >= 0.6 is 0 Å². The van der Waals surface area contributed by atoms with Gasteiger partial charge in [0.15, 0.2) is 0 Å². The van der Waals surface area contributed by atoms with Crippen molar-refractivity contribution in [3.63, 3.8) is 0 Å². The second kappa shape index (κ2) is 5.16. The molecule has 86 valence electrons. The van der Waals surface area contributed by atoms with Gasteiger partial charge in [0, 0.05) is 6.20 Å². The van der Waals surface area contributed by atoms with Gasteiger partial charge in [-0.1, -0.05) is 12.1 Å². The molecule has 0 unspecified atom stereocenters. The van der Waals surface area contributed by atoms with Gasteiger partial charge in [-0.2, -0.15) is 5.10 Å². The van der Waals surface area contributed by atoms with Crippen LogP contribution in [-0.2, 0) is 0 Å². The second-order valence-corrected chi connectivity index (χ2v) is 3.22. The van der Waals surface area contributed by atoms with E-state index in [0.29, 0.717) is 5.82 Å². The van der Waals surface area contributed by atoms with Crippen LogP contribution in [0, 0.1) is 11.6 Å². The number of benzene rings is 1. The minimum atomic E-state index is -0.656. The SMILES string of the molecule is Fc1cccc(F)c1/C=N/Nc1ccccn1. The minimum Gasteiger partial charge on any atom is -0.261 e. The summed E-state index contributed by atoms with van der Waals surface area (Å²) >= 11 is 0. The van der Waals surface area contributed by atoms with Crippen LogP contribution in [-0.4, -0.2) is 11.2 Å². The molecule has 0 radical (unpaired) electrons. The third kappa shape index (κ3) is 2.84. The largest absolute Gasteiger partial charge is 0.261 e. The molecule has 3 nitrogen and oxygen atoms in total. The Balaban J connectivity index is 2.11. The number of hydrogen-bond acceptors (Lipinski definition) is 3. The van der Waals surface area contributed by atoms with Crippen LogP contribution < -0.4 is 5.43 Å². The molecule has 0 spiro atoms. The van der Waals surface area contributed by atoms with Crippen molar-refractivity contribution in [2.24, 2.45) is 5.10 Å². The van der Waals surface area contributed by atoms with Crippen LogP contribution in [0.3, 0.4) is 0 Å². The lowest BCUT2D eigenvalue weighted by Gasteiger charge is -1.99. The van der Waals surface area contributed by atoms with E-state index in [2.05, 4.69) is 15.5 Å². The number of pyridine rings is 1. The highest BCUT2D eigenvalue weighted by molar-refractivity contribution is 5.80. The first-order valence-electron chi connectivity index (χ1n) is 4.91. The molecule has 1 aromatic heterocycles. The molecule has 0 atom stereocenters. The van der Waals surface area contributed by atoms with Crippen molar-refractivity contribution in [3.8, 4) is 0 Å². The molecule has 0 bridgehead atoms. The van der Waals surface area contributed by atoms with Gasteiger partial charge >= 0.3 is 0 Å². The molecule has 17 heavy (non-hydrogen) atoms. The van der Waals surface area contributed by atoms with E-state index in [0.717, 1.165) is 6.21 Å². The van der Waals surface area contributed by atoms with Gasteiger partial charge in [-0.25, -0.2) is 13.8 Å². The lowest BCUT2D eigenvalue weighted by Crippen LogP contribution is -1.97. The van der Waals surface area contributed by atoms with Gasteiger partial charge in [0.2, 0.25) is 0 Å². The van der Waals surface area contributed by atoms with Crippen molar-refractivity contribution in [1.82, 2.24) is 4.98 Å². The number of aromatic nitrogens is 1. The van der Waals surface area contributed by atoms with Crippen LogP contribution in [0.25, 0.3) is 0 Å². The number of anilines is 1. The summed E-state index contributed by atoms with van der Waals surface area (Å²) in [6.45, 7) is 0. The molecule has 1 N–H and O–H groups in total. The molecule has 5 heteroatoms. The molecule has 1 heterocycles. The van der Waals surface area contributed by atoms with E-state index < -0.39 is 11.6 Å². The van der Waals surface area contributed by atoms with Crippen LogP contribution in [0.2, 0.25) is 0 Å². The zero-order valence-electron chi connectivity index (χ0n) is 8.77. The molecule has 0 aliphatic rings. The van der Waals surface area contributed by atoms with Crippen molar-refractivity contribution in [3.05, 3.63) is 59.8 Å². The van der Waals surface area contributed by atoms with Crippen LogP contribution in [0.15, 0.2) is 47.7 Å². The highest BCUT2D eigenvalue weighted by atomic mass is 19.1. The fraction of sp³-hybridized carbons (Fsp3) is 0. The molecule has 0 aliphatic carbocycles. The molecule has 0 saturated heterocycles. The fourth-order valence-electron chi connectivity index (χ4n) is 1.23.